The molecule has 0 spiro atoms. The van der Waals surface area contributed by atoms with E-state index in [9.17, 15) is 13.6 Å². The number of nitrogens with zero attached hydrogens (tertiary/aromatic N) is 1. The maximum absolute atomic E-state index is 12.8. The van der Waals surface area contributed by atoms with Crippen molar-refractivity contribution in [2.75, 3.05) is 0 Å². The quantitative estimate of drug-likeness (QED) is 0.838. The highest BCUT2D eigenvalue weighted by Gasteiger charge is 2.29. The van der Waals surface area contributed by atoms with Gasteiger partial charge in [-0.2, -0.15) is 5.10 Å². The summed E-state index contributed by atoms with van der Waals surface area (Å²) in [6.07, 6.45) is -1.22. The van der Waals surface area contributed by atoms with Crippen LogP contribution in [0.2, 0.25) is 0 Å². The van der Waals surface area contributed by atoms with Crippen LogP contribution in [0.3, 0.4) is 0 Å². The lowest BCUT2D eigenvalue weighted by Gasteiger charge is -2.21. The Bertz CT molecular complexity index is 874. The van der Waals surface area contributed by atoms with Crippen LogP contribution in [0.25, 0.3) is 11.1 Å². The highest BCUT2D eigenvalue weighted by Crippen LogP contribution is 2.45. The summed E-state index contributed by atoms with van der Waals surface area (Å²) in [5.41, 5.74) is 7.09. The first-order valence-electron chi connectivity index (χ1n) is 8.60. The van der Waals surface area contributed by atoms with Crippen LogP contribution >= 0.6 is 0 Å². The minimum Gasteiger partial charge on any atom is -0.439 e. The van der Waals surface area contributed by atoms with Crippen LogP contribution in [0.15, 0.2) is 47.6 Å². The van der Waals surface area contributed by atoms with E-state index in [1.54, 1.807) is 19.1 Å². The highest BCUT2D eigenvalue weighted by molar-refractivity contribution is 6.06. The van der Waals surface area contributed by atoms with Crippen molar-refractivity contribution in [1.82, 2.24) is 5.43 Å². The fourth-order valence-corrected chi connectivity index (χ4v) is 3.26. The number of rotatable bonds is 4. The zero-order chi connectivity index (χ0) is 18.3. The molecule has 0 saturated heterocycles. The van der Waals surface area contributed by atoms with E-state index in [1.165, 1.54) is 17.7 Å². The molecule has 1 saturated carbocycles. The van der Waals surface area contributed by atoms with E-state index in [0.29, 0.717) is 11.6 Å². The molecule has 1 aliphatic carbocycles. The first kappa shape index (κ1) is 16.7. The number of carbonyl (C=O) groups excluding carboxylic acids is 1. The molecule has 1 heterocycles. The van der Waals surface area contributed by atoms with Gasteiger partial charge in [-0.05, 0) is 48.4 Å². The number of hydrogen-bond acceptors (Lipinski definition) is 3. The van der Waals surface area contributed by atoms with Crippen LogP contribution in [-0.4, -0.2) is 17.9 Å². The summed E-state index contributed by atoms with van der Waals surface area (Å²) in [4.78, 5) is 11.3. The Kier molecular flexibility index (Phi) is 4.18. The minimum atomic E-state index is -2.46. The van der Waals surface area contributed by atoms with Crippen molar-refractivity contribution in [3.8, 4) is 11.1 Å². The average molecular weight is 356 g/mol. The Morgan fingerprint density at radius 1 is 1.12 bits per heavy atom. The number of alkyl halides is 2. The maximum Gasteiger partial charge on any atom is 0.428 e. The number of benzene rings is 2. The SMILES string of the molecule is C[C@@H]1OC(=O)NN=C1c1ccc(-c2ccc(C(F)F)cc2)c(C2CC2)c1. The van der Waals surface area contributed by atoms with Gasteiger partial charge in [-0.15, -0.1) is 0 Å². The molecule has 1 amide bonds. The first-order valence-corrected chi connectivity index (χ1v) is 8.60. The predicted octanol–water partition coefficient (Wildman–Crippen LogP) is 5.00. The molecule has 6 heteroatoms. The molecule has 0 unspecified atom stereocenters. The Morgan fingerprint density at radius 2 is 1.81 bits per heavy atom. The number of halogens is 2. The van der Waals surface area contributed by atoms with E-state index in [4.69, 9.17) is 4.74 Å². The van der Waals surface area contributed by atoms with Crippen molar-refractivity contribution >= 4 is 11.8 Å². The van der Waals surface area contributed by atoms with E-state index >= 15 is 0 Å². The van der Waals surface area contributed by atoms with Crippen LogP contribution < -0.4 is 5.43 Å². The number of cyclic esters (lactones) is 1. The second-order valence-corrected chi connectivity index (χ2v) is 6.66. The van der Waals surface area contributed by atoms with Crippen LogP contribution in [0.5, 0.6) is 0 Å². The lowest BCUT2D eigenvalue weighted by molar-refractivity contribution is 0.127. The number of amides is 1. The zero-order valence-corrected chi connectivity index (χ0v) is 14.2. The molecule has 134 valence electrons. The molecule has 2 aromatic rings. The molecular formula is C20H18F2N2O2. The monoisotopic (exact) mass is 356 g/mol. The van der Waals surface area contributed by atoms with E-state index in [2.05, 4.69) is 16.6 Å². The molecule has 2 aliphatic rings. The fourth-order valence-electron chi connectivity index (χ4n) is 3.26. The van der Waals surface area contributed by atoms with Gasteiger partial charge in [-0.1, -0.05) is 36.4 Å². The smallest absolute Gasteiger partial charge is 0.428 e. The Labute approximate surface area is 149 Å². The van der Waals surface area contributed by atoms with Gasteiger partial charge in [0.15, 0.2) is 0 Å². The highest BCUT2D eigenvalue weighted by atomic mass is 19.3. The normalized spacial score (nSPS) is 19.8. The third-order valence-electron chi connectivity index (χ3n) is 4.77. The lowest BCUT2D eigenvalue weighted by atomic mass is 9.92. The van der Waals surface area contributed by atoms with Crippen LogP contribution in [-0.2, 0) is 4.74 Å². The standard InChI is InChI=1S/C20H18F2N2O2/c1-11-18(23-24-20(25)26-11)15-8-9-16(17(10-15)13-2-3-13)12-4-6-14(7-5-12)19(21)22/h4-11,13,19H,2-3H2,1H3,(H,24,25)/t11-/m0/s1. The molecule has 26 heavy (non-hydrogen) atoms. The Hall–Kier alpha value is -2.76. The molecular weight excluding hydrogens is 338 g/mol. The number of hydrazone groups is 1. The van der Waals surface area contributed by atoms with Gasteiger partial charge in [0.25, 0.3) is 6.43 Å². The number of nitrogens with one attached hydrogen (secondary N) is 1. The molecule has 4 nitrogen and oxygen atoms in total. The topological polar surface area (TPSA) is 50.7 Å². The molecule has 2 aromatic carbocycles. The van der Waals surface area contributed by atoms with Gasteiger partial charge in [0.05, 0.1) is 0 Å². The molecule has 1 aliphatic heterocycles. The van der Waals surface area contributed by atoms with E-state index in [1.807, 2.05) is 12.1 Å². The van der Waals surface area contributed by atoms with Crippen LogP contribution in [0, 0.1) is 0 Å². The van der Waals surface area contributed by atoms with E-state index in [0.717, 1.165) is 29.5 Å². The van der Waals surface area contributed by atoms with Crippen molar-refractivity contribution in [3.63, 3.8) is 0 Å². The van der Waals surface area contributed by atoms with Crippen molar-refractivity contribution < 1.29 is 18.3 Å². The predicted molar refractivity (Wildman–Crippen MR) is 94.4 cm³/mol. The molecule has 1 N–H and O–H groups in total. The zero-order valence-electron chi connectivity index (χ0n) is 14.2. The second kappa shape index (κ2) is 6.52. The lowest BCUT2D eigenvalue weighted by Crippen LogP contribution is -2.37. The second-order valence-electron chi connectivity index (χ2n) is 6.66. The van der Waals surface area contributed by atoms with Gasteiger partial charge in [0, 0.05) is 11.1 Å². The molecule has 4 rings (SSSR count). The molecule has 1 atom stereocenters. The van der Waals surface area contributed by atoms with Crippen molar-refractivity contribution in [1.29, 1.82) is 0 Å². The Balaban J connectivity index is 1.72. The average Bonchev–Trinajstić information content (AvgIpc) is 3.46. The summed E-state index contributed by atoms with van der Waals surface area (Å²) < 4.78 is 30.7. The summed E-state index contributed by atoms with van der Waals surface area (Å²) >= 11 is 0. The number of carbonyl (C=O) groups is 1. The van der Waals surface area contributed by atoms with Crippen molar-refractivity contribution in [2.45, 2.75) is 38.2 Å². The number of hydrogen-bond donors (Lipinski definition) is 1. The summed E-state index contributed by atoms with van der Waals surface area (Å²) in [6.45, 7) is 1.78. The minimum absolute atomic E-state index is 0.0246. The largest absolute Gasteiger partial charge is 0.439 e. The van der Waals surface area contributed by atoms with Crippen molar-refractivity contribution in [2.24, 2.45) is 5.10 Å². The summed E-state index contributed by atoms with van der Waals surface area (Å²) in [7, 11) is 0. The number of ether oxygens (including phenoxy) is 1. The van der Waals surface area contributed by atoms with Gasteiger partial charge in [-0.3, -0.25) is 0 Å². The Morgan fingerprint density at radius 3 is 2.42 bits per heavy atom. The maximum atomic E-state index is 12.8. The summed E-state index contributed by atoms with van der Waals surface area (Å²) in [5.74, 6) is 0.467. The van der Waals surface area contributed by atoms with Crippen molar-refractivity contribution in [3.05, 3.63) is 59.2 Å². The molecule has 0 radical (unpaired) electrons. The molecule has 1 fully saturated rings. The van der Waals surface area contributed by atoms with Gasteiger partial charge < -0.3 is 4.74 Å². The van der Waals surface area contributed by atoms with Crippen LogP contribution in [0.1, 0.15) is 48.8 Å². The third kappa shape index (κ3) is 3.19. The van der Waals surface area contributed by atoms with E-state index < -0.39 is 18.6 Å². The molecule has 0 bridgehead atoms. The van der Waals surface area contributed by atoms with Gasteiger partial charge in [0.2, 0.25) is 0 Å². The summed E-state index contributed by atoms with van der Waals surface area (Å²) in [5, 5.41) is 4.12. The van der Waals surface area contributed by atoms with Gasteiger partial charge in [-0.25, -0.2) is 19.0 Å². The van der Waals surface area contributed by atoms with E-state index in [-0.39, 0.29) is 5.56 Å². The fraction of sp³-hybridized carbons (Fsp3) is 0.300. The van der Waals surface area contributed by atoms with Gasteiger partial charge >= 0.3 is 6.09 Å². The third-order valence-corrected chi connectivity index (χ3v) is 4.77. The molecule has 0 aromatic heterocycles. The summed E-state index contributed by atoms with van der Waals surface area (Å²) in [6, 6.07) is 12.4. The van der Waals surface area contributed by atoms with Crippen LogP contribution in [0.4, 0.5) is 13.6 Å². The van der Waals surface area contributed by atoms with Gasteiger partial charge in [0.1, 0.15) is 11.8 Å². The first-order chi connectivity index (χ1) is 12.5.